The van der Waals surface area contributed by atoms with Crippen LogP contribution in [0.15, 0.2) is 42.7 Å². The molecule has 1 aromatic heterocycles. The van der Waals surface area contributed by atoms with E-state index in [1.54, 1.807) is 27.7 Å². The molecule has 2 aromatic carbocycles. The average Bonchev–Trinajstić information content (AvgIpc) is 3.59. The molecule has 3 aromatic rings. The lowest BCUT2D eigenvalue weighted by atomic mass is 9.95. The van der Waals surface area contributed by atoms with Gasteiger partial charge in [0.1, 0.15) is 12.2 Å². The number of halogens is 6. The van der Waals surface area contributed by atoms with Gasteiger partial charge in [-0.05, 0) is 98.3 Å². The fourth-order valence-corrected chi connectivity index (χ4v) is 5.66. The van der Waals surface area contributed by atoms with E-state index in [0.717, 1.165) is 11.1 Å². The second kappa shape index (κ2) is 13.3. The first-order valence-electron chi connectivity index (χ1n) is 15.2. The highest BCUT2D eigenvalue weighted by Crippen LogP contribution is 2.43. The minimum Gasteiger partial charge on any atom is -0.497 e. The summed E-state index contributed by atoms with van der Waals surface area (Å²) in [6, 6.07) is 4.45. The lowest BCUT2D eigenvalue weighted by molar-refractivity contribution is -0.143. The number of carbonyl (C=O) groups is 1. The van der Waals surface area contributed by atoms with Crippen molar-refractivity contribution in [2.45, 2.75) is 90.8 Å². The largest absolute Gasteiger partial charge is 0.497 e. The van der Waals surface area contributed by atoms with Gasteiger partial charge >= 0.3 is 18.4 Å². The van der Waals surface area contributed by atoms with E-state index < -0.39 is 47.8 Å². The molecule has 0 spiro atoms. The number of carbonyl (C=O) groups excluding carboxylic acids is 1. The van der Waals surface area contributed by atoms with Crippen LogP contribution in [0.25, 0.3) is 0 Å². The van der Waals surface area contributed by atoms with Crippen molar-refractivity contribution in [1.82, 2.24) is 20.2 Å². The van der Waals surface area contributed by atoms with Gasteiger partial charge in [-0.15, -0.1) is 5.10 Å². The maximum atomic E-state index is 13.8. The Morgan fingerprint density at radius 1 is 1.02 bits per heavy atom. The van der Waals surface area contributed by atoms with Crippen LogP contribution in [0.3, 0.4) is 0 Å². The SMILES string of the molecule is C=C(C)OCCn1nnc(N(Cc2cc(C(F)(F)F)cc(C(F)(F)F)c2)[C@H]2CCCN(C(=O)OC(C)(C)C)c3cc4c(cc32)COC4)n1. The summed E-state index contributed by atoms with van der Waals surface area (Å²) in [7, 11) is 0. The molecule has 10 nitrogen and oxygen atoms in total. The molecule has 0 unspecified atom stereocenters. The molecule has 0 radical (unpaired) electrons. The number of amides is 1. The highest BCUT2D eigenvalue weighted by Gasteiger charge is 2.39. The molecule has 1 amide bonds. The third-order valence-corrected chi connectivity index (χ3v) is 7.70. The molecule has 2 aliphatic heterocycles. The smallest absolute Gasteiger partial charge is 0.416 e. The van der Waals surface area contributed by atoms with Gasteiger partial charge in [0.25, 0.3) is 5.95 Å². The number of tetrazole rings is 1. The zero-order chi connectivity index (χ0) is 35.0. The predicted molar refractivity (Wildman–Crippen MR) is 162 cm³/mol. The van der Waals surface area contributed by atoms with Crippen LogP contribution in [-0.2, 0) is 52.9 Å². The van der Waals surface area contributed by atoms with Crippen LogP contribution < -0.4 is 9.80 Å². The number of nitrogens with zero attached hydrogens (tertiary/aromatic N) is 6. The Hall–Kier alpha value is -4.34. The topological polar surface area (TPSA) is 94.8 Å². The second-order valence-corrected chi connectivity index (χ2v) is 12.7. The number of fused-ring (bicyclic) bond motifs is 2. The van der Waals surface area contributed by atoms with E-state index in [4.69, 9.17) is 14.2 Å². The summed E-state index contributed by atoms with van der Waals surface area (Å²) >= 11 is 0. The molecular formula is C32H36F6N6O4. The Balaban J connectivity index is 1.63. The monoisotopic (exact) mass is 682 g/mol. The average molecular weight is 683 g/mol. The maximum Gasteiger partial charge on any atom is 0.416 e. The summed E-state index contributed by atoms with van der Waals surface area (Å²) in [6.45, 7) is 11.3. The van der Waals surface area contributed by atoms with Gasteiger partial charge in [0.2, 0.25) is 0 Å². The molecule has 0 saturated carbocycles. The molecule has 2 aliphatic rings. The van der Waals surface area contributed by atoms with Crippen LogP contribution in [0.1, 0.15) is 80.0 Å². The molecule has 260 valence electrons. The molecule has 0 saturated heterocycles. The molecule has 0 N–H and O–H groups in total. The van der Waals surface area contributed by atoms with Gasteiger partial charge in [-0.1, -0.05) is 11.7 Å². The van der Waals surface area contributed by atoms with Crippen molar-refractivity contribution in [3.63, 3.8) is 0 Å². The van der Waals surface area contributed by atoms with Gasteiger partial charge < -0.3 is 19.1 Å². The first kappa shape index (κ1) is 35.0. The van der Waals surface area contributed by atoms with Gasteiger partial charge in [0.05, 0.1) is 48.4 Å². The van der Waals surface area contributed by atoms with Crippen molar-refractivity contribution in [3.8, 4) is 0 Å². The summed E-state index contributed by atoms with van der Waals surface area (Å²) in [6.07, 6.45) is -9.91. The van der Waals surface area contributed by atoms with Crippen molar-refractivity contribution in [2.75, 3.05) is 23.0 Å². The molecule has 5 rings (SSSR count). The molecular weight excluding hydrogens is 646 g/mol. The molecule has 48 heavy (non-hydrogen) atoms. The lowest BCUT2D eigenvalue weighted by Gasteiger charge is -2.33. The van der Waals surface area contributed by atoms with E-state index in [1.807, 2.05) is 12.1 Å². The summed E-state index contributed by atoms with van der Waals surface area (Å²) in [5.41, 5.74) is -1.17. The van der Waals surface area contributed by atoms with Crippen molar-refractivity contribution in [1.29, 1.82) is 0 Å². The summed E-state index contributed by atoms with van der Waals surface area (Å²) in [4.78, 5) is 17.7. The van der Waals surface area contributed by atoms with Crippen molar-refractivity contribution >= 4 is 17.7 Å². The number of allylic oxidation sites excluding steroid dienone is 1. The number of hydrogen-bond acceptors (Lipinski definition) is 8. The number of anilines is 2. The fourth-order valence-electron chi connectivity index (χ4n) is 5.66. The molecule has 0 fully saturated rings. The van der Waals surface area contributed by atoms with Crippen LogP contribution in [-0.4, -0.2) is 45.1 Å². The van der Waals surface area contributed by atoms with E-state index in [2.05, 4.69) is 22.0 Å². The zero-order valence-electron chi connectivity index (χ0n) is 26.9. The van der Waals surface area contributed by atoms with Crippen LogP contribution >= 0.6 is 0 Å². The standard InChI is InChI=1S/C32H36F6N6O4/c1-19(2)47-10-9-44-40-28(39-41-44)43(16-20-11-23(31(33,34)35)15-24(12-20)32(36,37)38)26-7-6-8-42(29(45)48-30(3,4)5)27-14-22-18-46-17-21(22)13-25(26)27/h11-15,26H,1,6-10,16-18H2,2-5H3/t26-/m0/s1. The summed E-state index contributed by atoms with van der Waals surface area (Å²) in [5, 5.41) is 12.7. The van der Waals surface area contributed by atoms with E-state index >= 15 is 0 Å². The first-order valence-corrected chi connectivity index (χ1v) is 15.2. The third kappa shape index (κ3) is 8.20. The number of alkyl halides is 6. The molecule has 1 atom stereocenters. The number of rotatable bonds is 8. The maximum absolute atomic E-state index is 13.8. The summed E-state index contributed by atoms with van der Waals surface area (Å²) in [5.74, 6) is 0.429. The Morgan fingerprint density at radius 3 is 2.27 bits per heavy atom. The Labute approximate surface area is 273 Å². The van der Waals surface area contributed by atoms with E-state index in [9.17, 15) is 31.1 Å². The third-order valence-electron chi connectivity index (χ3n) is 7.70. The quantitative estimate of drug-likeness (QED) is 0.177. The lowest BCUT2D eigenvalue weighted by Crippen LogP contribution is -2.37. The number of benzene rings is 2. The Kier molecular flexibility index (Phi) is 9.68. The van der Waals surface area contributed by atoms with E-state index in [-0.39, 0.29) is 37.3 Å². The predicted octanol–water partition coefficient (Wildman–Crippen LogP) is 7.57. The second-order valence-electron chi connectivity index (χ2n) is 12.7. The first-order chi connectivity index (χ1) is 22.4. The zero-order valence-corrected chi connectivity index (χ0v) is 26.9. The molecule has 0 aliphatic carbocycles. The normalized spacial score (nSPS) is 16.6. The Bertz CT molecular complexity index is 1630. The van der Waals surface area contributed by atoms with E-state index in [0.29, 0.717) is 55.2 Å². The minimum absolute atomic E-state index is 0.0327. The van der Waals surface area contributed by atoms with Gasteiger partial charge in [0, 0.05) is 13.1 Å². The summed E-state index contributed by atoms with van der Waals surface area (Å²) < 4.78 is 99.8. The van der Waals surface area contributed by atoms with Crippen molar-refractivity contribution < 1.29 is 45.3 Å². The fraction of sp³-hybridized carbons (Fsp3) is 0.500. The van der Waals surface area contributed by atoms with Gasteiger partial charge in [-0.3, -0.25) is 4.90 Å². The van der Waals surface area contributed by atoms with Gasteiger partial charge in [-0.25, -0.2) is 4.79 Å². The van der Waals surface area contributed by atoms with Crippen LogP contribution in [0, 0.1) is 0 Å². The van der Waals surface area contributed by atoms with Crippen LogP contribution in [0.2, 0.25) is 0 Å². The van der Waals surface area contributed by atoms with Gasteiger partial charge in [-0.2, -0.15) is 31.1 Å². The minimum atomic E-state index is -5.03. The highest BCUT2D eigenvalue weighted by molar-refractivity contribution is 5.90. The molecule has 16 heteroatoms. The van der Waals surface area contributed by atoms with Gasteiger partial charge in [0.15, 0.2) is 0 Å². The number of ether oxygens (including phenoxy) is 3. The van der Waals surface area contributed by atoms with Crippen LogP contribution in [0.5, 0.6) is 0 Å². The van der Waals surface area contributed by atoms with Crippen LogP contribution in [0.4, 0.5) is 42.8 Å². The molecule has 3 heterocycles. The molecule has 0 bridgehead atoms. The van der Waals surface area contributed by atoms with Crippen molar-refractivity contribution in [2.24, 2.45) is 0 Å². The Morgan fingerprint density at radius 2 is 1.67 bits per heavy atom. The number of hydrogen-bond donors (Lipinski definition) is 0. The number of aromatic nitrogens is 4. The highest BCUT2D eigenvalue weighted by atomic mass is 19.4. The van der Waals surface area contributed by atoms with E-state index in [1.165, 1.54) is 14.6 Å². The van der Waals surface area contributed by atoms with Crippen molar-refractivity contribution in [3.05, 3.63) is 76.1 Å².